The lowest BCUT2D eigenvalue weighted by molar-refractivity contribution is -1.01. The molecule has 166 valence electrons. The number of anilines is 1. The number of nitrogens with zero attached hydrogens (tertiary/aromatic N) is 1. The first-order valence-corrected chi connectivity index (χ1v) is 11.9. The monoisotopic (exact) mass is 424 g/mol. The van der Waals surface area contributed by atoms with E-state index in [1.54, 1.807) is 0 Å². The summed E-state index contributed by atoms with van der Waals surface area (Å²) >= 11 is 0. The van der Waals surface area contributed by atoms with Crippen LogP contribution in [0.15, 0.2) is 42.5 Å². The van der Waals surface area contributed by atoms with Gasteiger partial charge < -0.3 is 20.0 Å². The first-order chi connectivity index (χ1) is 15.1. The fraction of sp³-hybridized carbons (Fsp3) is 0.520. The molecule has 2 aliphatic heterocycles. The van der Waals surface area contributed by atoms with Crippen molar-refractivity contribution in [3.8, 4) is 0 Å². The Kier molecular flexibility index (Phi) is 7.20. The number of hydrogen-bond donors (Lipinski definition) is 3. The van der Waals surface area contributed by atoms with Gasteiger partial charge in [0.15, 0.2) is 12.6 Å². The molecule has 0 aromatic heterocycles. The second kappa shape index (κ2) is 10.2. The van der Waals surface area contributed by atoms with Crippen LogP contribution < -0.4 is 15.1 Å². The Hall–Kier alpha value is -2.44. The molecule has 2 aromatic carbocycles. The van der Waals surface area contributed by atoms with Gasteiger partial charge in [-0.25, -0.2) is 0 Å². The Morgan fingerprint density at radius 3 is 2.32 bits per heavy atom. The molecule has 2 amide bonds. The molecule has 3 N–H and O–H groups in total. The molecule has 0 bridgehead atoms. The van der Waals surface area contributed by atoms with Crippen LogP contribution in [0.25, 0.3) is 10.8 Å². The average molecular weight is 425 g/mol. The lowest BCUT2D eigenvalue weighted by Crippen LogP contribution is -3.30. The minimum Gasteiger partial charge on any atom is -0.338 e. The molecular formula is C25H36N4O2+2. The highest BCUT2D eigenvalue weighted by Gasteiger charge is 2.32. The highest BCUT2D eigenvalue weighted by atomic mass is 16.2. The average Bonchev–Trinajstić information content (AvgIpc) is 3.09. The van der Waals surface area contributed by atoms with E-state index in [0.717, 1.165) is 63.2 Å². The van der Waals surface area contributed by atoms with Crippen LogP contribution in [0.4, 0.5) is 5.69 Å². The zero-order chi connectivity index (χ0) is 21.6. The quantitative estimate of drug-likeness (QED) is 0.649. The van der Waals surface area contributed by atoms with Gasteiger partial charge in [0.1, 0.15) is 26.2 Å². The number of hydrogen-bond acceptors (Lipinski definition) is 2. The van der Waals surface area contributed by atoms with Gasteiger partial charge in [-0.15, -0.1) is 0 Å². The summed E-state index contributed by atoms with van der Waals surface area (Å²) in [4.78, 5) is 30.3. The molecule has 0 saturated carbocycles. The molecule has 2 heterocycles. The third-order valence-electron chi connectivity index (χ3n) is 6.98. The number of piperazine rings is 1. The van der Waals surface area contributed by atoms with Gasteiger partial charge in [-0.1, -0.05) is 43.2 Å². The second-order valence-corrected chi connectivity index (χ2v) is 9.15. The van der Waals surface area contributed by atoms with Gasteiger partial charge in [-0.2, -0.15) is 0 Å². The lowest BCUT2D eigenvalue weighted by atomic mass is 10.1. The summed E-state index contributed by atoms with van der Waals surface area (Å²) in [6.07, 6.45) is 4.78. The van der Waals surface area contributed by atoms with E-state index < -0.39 is 0 Å². The Morgan fingerprint density at radius 2 is 1.61 bits per heavy atom. The maximum absolute atomic E-state index is 12.8. The van der Waals surface area contributed by atoms with Crippen LogP contribution in [0.2, 0.25) is 0 Å². The van der Waals surface area contributed by atoms with Crippen molar-refractivity contribution in [3.63, 3.8) is 0 Å². The predicted octanol–water partition coefficient (Wildman–Crippen LogP) is 0.353. The smallest absolute Gasteiger partial charge is 0.282 e. The summed E-state index contributed by atoms with van der Waals surface area (Å²) in [5, 5.41) is 5.40. The molecule has 0 aliphatic carbocycles. The lowest BCUT2D eigenvalue weighted by Gasteiger charge is -2.33. The zero-order valence-electron chi connectivity index (χ0n) is 18.7. The van der Waals surface area contributed by atoms with E-state index in [9.17, 15) is 9.59 Å². The number of amides is 2. The maximum atomic E-state index is 12.8. The van der Waals surface area contributed by atoms with Crippen molar-refractivity contribution in [1.29, 1.82) is 0 Å². The van der Waals surface area contributed by atoms with Crippen molar-refractivity contribution in [3.05, 3.63) is 42.5 Å². The SMILES string of the molecule is C[C@H](C(=O)Nc1ccc2ccccc2c1)[NH+]1CC[NH+](CC(=O)N2CCCCCC2)CC1. The van der Waals surface area contributed by atoms with Crippen molar-refractivity contribution in [1.82, 2.24) is 4.90 Å². The van der Waals surface area contributed by atoms with Gasteiger partial charge in [0.25, 0.3) is 11.8 Å². The normalized spacial score (nSPS) is 23.2. The number of carbonyl (C=O) groups excluding carboxylic acids is 2. The van der Waals surface area contributed by atoms with Crippen molar-refractivity contribution < 1.29 is 19.4 Å². The molecule has 2 aliphatic rings. The number of quaternary nitrogens is 2. The molecule has 2 fully saturated rings. The molecular weight excluding hydrogens is 388 g/mol. The van der Waals surface area contributed by atoms with Gasteiger partial charge in [0, 0.05) is 18.8 Å². The van der Waals surface area contributed by atoms with E-state index in [-0.39, 0.29) is 11.9 Å². The second-order valence-electron chi connectivity index (χ2n) is 9.15. The van der Waals surface area contributed by atoms with E-state index in [4.69, 9.17) is 0 Å². The molecule has 1 atom stereocenters. The summed E-state index contributed by atoms with van der Waals surface area (Å²) in [5.74, 6) is 0.372. The Labute approximate surface area is 185 Å². The minimum absolute atomic E-state index is 0.0642. The standard InChI is InChI=1S/C25H34N4O2/c1-20(25(31)26-23-11-10-21-8-4-5-9-22(21)18-23)28-16-14-27(15-17-28)19-24(30)29-12-6-2-3-7-13-29/h4-5,8-11,18,20H,2-3,6-7,12-17,19H2,1H3,(H,26,31)/p+2/t20-/m1/s1. The van der Waals surface area contributed by atoms with E-state index >= 15 is 0 Å². The van der Waals surface area contributed by atoms with Crippen molar-refractivity contribution >= 4 is 28.3 Å². The minimum atomic E-state index is -0.102. The van der Waals surface area contributed by atoms with Crippen molar-refractivity contribution in [2.24, 2.45) is 0 Å². The van der Waals surface area contributed by atoms with E-state index in [1.807, 2.05) is 37.3 Å². The number of benzene rings is 2. The first-order valence-electron chi connectivity index (χ1n) is 11.9. The van der Waals surface area contributed by atoms with Gasteiger partial charge in [0.05, 0.1) is 0 Å². The molecule has 31 heavy (non-hydrogen) atoms. The number of rotatable bonds is 5. The molecule has 2 saturated heterocycles. The molecule has 0 unspecified atom stereocenters. The summed E-state index contributed by atoms with van der Waals surface area (Å²) < 4.78 is 0. The molecule has 0 spiro atoms. The van der Waals surface area contributed by atoms with Crippen LogP contribution >= 0.6 is 0 Å². The van der Waals surface area contributed by atoms with Gasteiger partial charge in [0.2, 0.25) is 0 Å². The largest absolute Gasteiger partial charge is 0.338 e. The molecule has 6 nitrogen and oxygen atoms in total. The number of likely N-dealkylation sites (tertiary alicyclic amines) is 1. The van der Waals surface area contributed by atoms with Crippen LogP contribution in [-0.4, -0.2) is 68.6 Å². The summed E-state index contributed by atoms with van der Waals surface area (Å²) in [7, 11) is 0. The van der Waals surface area contributed by atoms with Crippen molar-refractivity contribution in [2.75, 3.05) is 51.1 Å². The van der Waals surface area contributed by atoms with Crippen LogP contribution in [0.3, 0.4) is 0 Å². The van der Waals surface area contributed by atoms with Crippen molar-refractivity contribution in [2.45, 2.75) is 38.6 Å². The first kappa shape index (κ1) is 21.8. The molecule has 2 aromatic rings. The molecule has 0 radical (unpaired) electrons. The predicted molar refractivity (Wildman–Crippen MR) is 123 cm³/mol. The zero-order valence-corrected chi connectivity index (χ0v) is 18.7. The number of nitrogens with one attached hydrogen (secondary N) is 3. The Bertz CT molecular complexity index is 899. The van der Waals surface area contributed by atoms with Crippen LogP contribution in [0.5, 0.6) is 0 Å². The summed E-state index contributed by atoms with van der Waals surface area (Å²) in [5.41, 5.74) is 0.849. The molecule has 4 rings (SSSR count). The molecule has 6 heteroatoms. The van der Waals surface area contributed by atoms with E-state index in [0.29, 0.717) is 12.5 Å². The van der Waals surface area contributed by atoms with Crippen LogP contribution in [0, 0.1) is 0 Å². The fourth-order valence-corrected chi connectivity index (χ4v) is 4.88. The van der Waals surface area contributed by atoms with E-state index in [1.165, 1.54) is 28.0 Å². The third-order valence-corrected chi connectivity index (χ3v) is 6.98. The highest BCUT2D eigenvalue weighted by molar-refractivity contribution is 5.96. The summed E-state index contributed by atoms with van der Waals surface area (Å²) in [6.45, 7) is 8.21. The summed E-state index contributed by atoms with van der Waals surface area (Å²) in [6, 6.07) is 14.1. The topological polar surface area (TPSA) is 58.3 Å². The van der Waals surface area contributed by atoms with Gasteiger partial charge >= 0.3 is 0 Å². The van der Waals surface area contributed by atoms with Gasteiger partial charge in [-0.05, 0) is 42.7 Å². The Morgan fingerprint density at radius 1 is 0.935 bits per heavy atom. The third kappa shape index (κ3) is 5.63. The van der Waals surface area contributed by atoms with Crippen LogP contribution in [-0.2, 0) is 9.59 Å². The van der Waals surface area contributed by atoms with Gasteiger partial charge in [-0.3, -0.25) is 9.59 Å². The van der Waals surface area contributed by atoms with E-state index in [2.05, 4.69) is 22.3 Å². The highest BCUT2D eigenvalue weighted by Crippen LogP contribution is 2.18. The maximum Gasteiger partial charge on any atom is 0.282 e. The fourth-order valence-electron chi connectivity index (χ4n) is 4.88. The Balaban J connectivity index is 1.25. The number of carbonyl (C=O) groups is 2. The van der Waals surface area contributed by atoms with Crippen LogP contribution in [0.1, 0.15) is 32.6 Å². The number of fused-ring (bicyclic) bond motifs is 1.